The maximum atomic E-state index is 11.8. The molecule has 1 aromatic rings. The smallest absolute Gasteiger partial charge is 0.302 e. The van der Waals surface area contributed by atoms with E-state index >= 15 is 0 Å². The fraction of sp³-hybridized carbons (Fsp3) is 0.429. The lowest BCUT2D eigenvalue weighted by Crippen LogP contribution is -2.19. The van der Waals surface area contributed by atoms with Gasteiger partial charge in [0.1, 0.15) is 5.75 Å². The number of anilines is 1. The number of aromatic hydroxyl groups is 1. The molecular weight excluding hydrogens is 246 g/mol. The third-order valence-electron chi connectivity index (χ3n) is 2.53. The average molecular weight is 265 g/mol. The Bertz CT molecular complexity index is 471. The van der Waals surface area contributed by atoms with Gasteiger partial charge in [0.2, 0.25) is 5.91 Å². The number of benzene rings is 1. The first-order valence-electron chi connectivity index (χ1n) is 6.11. The van der Waals surface area contributed by atoms with Gasteiger partial charge in [0.15, 0.2) is 0 Å². The second kappa shape index (κ2) is 6.78. The number of hydrogen-bond donors (Lipinski definition) is 2. The Labute approximate surface area is 112 Å². The second-order valence-corrected chi connectivity index (χ2v) is 4.68. The van der Waals surface area contributed by atoms with Crippen LogP contribution >= 0.6 is 0 Å². The van der Waals surface area contributed by atoms with Crippen LogP contribution in [0.1, 0.15) is 25.8 Å². The molecule has 19 heavy (non-hydrogen) atoms. The van der Waals surface area contributed by atoms with E-state index in [4.69, 9.17) is 4.74 Å². The summed E-state index contributed by atoms with van der Waals surface area (Å²) in [6.45, 7) is 5.23. The van der Waals surface area contributed by atoms with Crippen LogP contribution in [0.4, 0.5) is 5.69 Å². The number of rotatable bonds is 5. The van der Waals surface area contributed by atoms with Crippen molar-refractivity contribution in [2.75, 3.05) is 11.9 Å². The second-order valence-electron chi connectivity index (χ2n) is 4.68. The van der Waals surface area contributed by atoms with Crippen LogP contribution < -0.4 is 5.32 Å². The number of carbonyl (C=O) groups excluding carboxylic acids is 2. The maximum absolute atomic E-state index is 11.8. The van der Waals surface area contributed by atoms with E-state index in [2.05, 4.69) is 5.32 Å². The molecule has 0 aliphatic rings. The SMILES string of the molecule is CC(=O)OCC(C)CC(=O)Nc1cc(C)ccc1O. The number of phenolic OH excluding ortho intramolecular Hbond substituents is 1. The van der Waals surface area contributed by atoms with Gasteiger partial charge >= 0.3 is 5.97 Å². The Morgan fingerprint density at radius 1 is 1.42 bits per heavy atom. The van der Waals surface area contributed by atoms with Crippen molar-refractivity contribution in [2.24, 2.45) is 5.92 Å². The van der Waals surface area contributed by atoms with Crippen molar-refractivity contribution >= 4 is 17.6 Å². The lowest BCUT2D eigenvalue weighted by Gasteiger charge is -2.12. The highest BCUT2D eigenvalue weighted by atomic mass is 16.5. The van der Waals surface area contributed by atoms with Crippen LogP contribution in [0.15, 0.2) is 18.2 Å². The minimum atomic E-state index is -0.358. The van der Waals surface area contributed by atoms with Crippen molar-refractivity contribution in [3.63, 3.8) is 0 Å². The van der Waals surface area contributed by atoms with E-state index in [1.54, 1.807) is 12.1 Å². The Hall–Kier alpha value is -2.04. The van der Waals surface area contributed by atoms with E-state index in [1.165, 1.54) is 13.0 Å². The molecule has 0 saturated heterocycles. The molecule has 5 nitrogen and oxygen atoms in total. The molecule has 0 aliphatic carbocycles. The molecule has 0 fully saturated rings. The number of hydrogen-bond acceptors (Lipinski definition) is 4. The number of carbonyl (C=O) groups is 2. The number of amides is 1. The van der Waals surface area contributed by atoms with Crippen LogP contribution in [0, 0.1) is 12.8 Å². The zero-order valence-electron chi connectivity index (χ0n) is 11.4. The molecular formula is C14H19NO4. The van der Waals surface area contributed by atoms with E-state index in [0.717, 1.165) is 5.56 Å². The van der Waals surface area contributed by atoms with Crippen LogP contribution in [-0.2, 0) is 14.3 Å². The van der Waals surface area contributed by atoms with Gasteiger partial charge in [-0.05, 0) is 30.5 Å². The highest BCUT2D eigenvalue weighted by Crippen LogP contribution is 2.24. The summed E-state index contributed by atoms with van der Waals surface area (Å²) in [6, 6.07) is 4.99. The molecule has 104 valence electrons. The normalized spacial score (nSPS) is 11.7. The van der Waals surface area contributed by atoms with Gasteiger partial charge in [-0.3, -0.25) is 9.59 Å². The van der Waals surface area contributed by atoms with E-state index in [-0.39, 0.29) is 36.6 Å². The fourth-order valence-electron chi connectivity index (χ4n) is 1.59. The average Bonchev–Trinajstić information content (AvgIpc) is 2.31. The van der Waals surface area contributed by atoms with Crippen molar-refractivity contribution < 1.29 is 19.4 Å². The van der Waals surface area contributed by atoms with Gasteiger partial charge < -0.3 is 15.2 Å². The number of phenols is 1. The Kier molecular flexibility index (Phi) is 5.36. The number of ether oxygens (including phenoxy) is 1. The molecule has 0 bridgehead atoms. The topological polar surface area (TPSA) is 75.6 Å². The molecule has 0 radical (unpaired) electrons. The summed E-state index contributed by atoms with van der Waals surface area (Å²) in [5.74, 6) is -0.619. The highest BCUT2D eigenvalue weighted by Gasteiger charge is 2.12. The first-order valence-corrected chi connectivity index (χ1v) is 6.11. The molecule has 1 aromatic carbocycles. The van der Waals surface area contributed by atoms with Crippen LogP contribution in [0.3, 0.4) is 0 Å². The molecule has 0 aromatic heterocycles. The quantitative estimate of drug-likeness (QED) is 0.632. The zero-order chi connectivity index (χ0) is 14.4. The molecule has 0 spiro atoms. The zero-order valence-corrected chi connectivity index (χ0v) is 11.4. The minimum Gasteiger partial charge on any atom is -0.506 e. The van der Waals surface area contributed by atoms with Gasteiger partial charge in [-0.25, -0.2) is 0 Å². The summed E-state index contributed by atoms with van der Waals surface area (Å²) in [6.07, 6.45) is 0.223. The fourth-order valence-corrected chi connectivity index (χ4v) is 1.59. The van der Waals surface area contributed by atoms with Gasteiger partial charge in [0.25, 0.3) is 0 Å². The largest absolute Gasteiger partial charge is 0.506 e. The van der Waals surface area contributed by atoms with Crippen LogP contribution in [0.5, 0.6) is 5.75 Å². The molecule has 0 aliphatic heterocycles. The van der Waals surface area contributed by atoms with Crippen molar-refractivity contribution in [3.05, 3.63) is 23.8 Å². The number of nitrogens with one attached hydrogen (secondary N) is 1. The standard InChI is InChI=1S/C14H19NO4/c1-9-4-5-13(17)12(6-9)15-14(18)7-10(2)8-19-11(3)16/h4-6,10,17H,7-8H2,1-3H3,(H,15,18). The Balaban J connectivity index is 2.50. The Morgan fingerprint density at radius 2 is 2.11 bits per heavy atom. The first kappa shape index (κ1) is 15.0. The van der Waals surface area contributed by atoms with Gasteiger partial charge in [-0.1, -0.05) is 13.0 Å². The van der Waals surface area contributed by atoms with E-state index in [1.807, 2.05) is 13.8 Å². The van der Waals surface area contributed by atoms with E-state index in [0.29, 0.717) is 5.69 Å². The minimum absolute atomic E-state index is 0.0339. The molecule has 1 unspecified atom stereocenters. The van der Waals surface area contributed by atoms with Gasteiger partial charge in [-0.15, -0.1) is 0 Å². The van der Waals surface area contributed by atoms with Crippen LogP contribution in [0.2, 0.25) is 0 Å². The molecule has 1 amide bonds. The van der Waals surface area contributed by atoms with Gasteiger partial charge in [-0.2, -0.15) is 0 Å². The van der Waals surface area contributed by atoms with Crippen molar-refractivity contribution in [3.8, 4) is 5.75 Å². The third-order valence-corrected chi connectivity index (χ3v) is 2.53. The van der Waals surface area contributed by atoms with Crippen LogP contribution in [-0.4, -0.2) is 23.6 Å². The van der Waals surface area contributed by atoms with E-state index < -0.39 is 0 Å². The van der Waals surface area contributed by atoms with Crippen molar-refractivity contribution in [2.45, 2.75) is 27.2 Å². The highest BCUT2D eigenvalue weighted by molar-refractivity contribution is 5.92. The summed E-state index contributed by atoms with van der Waals surface area (Å²) >= 11 is 0. The molecule has 2 N–H and O–H groups in total. The lowest BCUT2D eigenvalue weighted by atomic mass is 10.1. The summed E-state index contributed by atoms with van der Waals surface area (Å²) in [7, 11) is 0. The molecule has 0 saturated carbocycles. The Morgan fingerprint density at radius 3 is 2.74 bits per heavy atom. The monoisotopic (exact) mass is 265 g/mol. The molecule has 0 heterocycles. The van der Waals surface area contributed by atoms with Crippen molar-refractivity contribution in [1.29, 1.82) is 0 Å². The lowest BCUT2D eigenvalue weighted by molar-refractivity contribution is -0.142. The van der Waals surface area contributed by atoms with Crippen LogP contribution in [0.25, 0.3) is 0 Å². The number of esters is 1. The summed E-state index contributed by atoms with van der Waals surface area (Å²) in [5, 5.41) is 12.3. The molecule has 1 atom stereocenters. The van der Waals surface area contributed by atoms with Gasteiger partial charge in [0.05, 0.1) is 12.3 Å². The summed E-state index contributed by atoms with van der Waals surface area (Å²) < 4.78 is 4.83. The molecule has 5 heteroatoms. The summed E-state index contributed by atoms with van der Waals surface area (Å²) in [5.41, 5.74) is 1.34. The van der Waals surface area contributed by atoms with E-state index in [9.17, 15) is 14.7 Å². The van der Waals surface area contributed by atoms with Crippen molar-refractivity contribution in [1.82, 2.24) is 0 Å². The van der Waals surface area contributed by atoms with Gasteiger partial charge in [0, 0.05) is 13.3 Å². The first-order chi connectivity index (χ1) is 8.88. The summed E-state index contributed by atoms with van der Waals surface area (Å²) in [4.78, 5) is 22.4. The maximum Gasteiger partial charge on any atom is 0.302 e. The number of aryl methyl sites for hydroxylation is 1. The predicted octanol–water partition coefficient (Wildman–Crippen LogP) is 2.23. The third kappa shape index (κ3) is 5.42. The molecule has 1 rings (SSSR count). The predicted molar refractivity (Wildman–Crippen MR) is 71.9 cm³/mol.